The van der Waals surface area contributed by atoms with Crippen molar-refractivity contribution in [3.05, 3.63) is 53.6 Å². The molecule has 0 radical (unpaired) electrons. The quantitative estimate of drug-likeness (QED) is 0.477. The monoisotopic (exact) mass is 498 g/mol. The standard InChI is InChI=1S/C22H27ClN2O7S/c1-22(2)20(26)19(31-21(27)24-10-9-14-7-5-4-6-8-14)15-11-18(30-3)16(12-17(15)32-22)25-33(28,29)13-23/h4-8,11-12,19-20,25-26H,9-10,13H2,1-3H3,(H,24,27)/t19-,20+/m0/s1. The lowest BCUT2D eigenvalue weighted by molar-refractivity contribution is -0.113. The van der Waals surface area contributed by atoms with E-state index in [0.717, 1.165) is 5.56 Å². The highest BCUT2D eigenvalue weighted by molar-refractivity contribution is 7.93. The summed E-state index contributed by atoms with van der Waals surface area (Å²) >= 11 is 5.49. The van der Waals surface area contributed by atoms with E-state index in [1.807, 2.05) is 30.3 Å². The average molecular weight is 499 g/mol. The number of rotatable bonds is 8. The average Bonchev–Trinajstić information content (AvgIpc) is 2.77. The molecule has 1 heterocycles. The number of hydrogen-bond donors (Lipinski definition) is 3. The van der Waals surface area contributed by atoms with Crippen molar-refractivity contribution < 1.29 is 32.5 Å². The first-order valence-electron chi connectivity index (χ1n) is 10.2. The van der Waals surface area contributed by atoms with Gasteiger partial charge in [-0.3, -0.25) is 4.72 Å². The van der Waals surface area contributed by atoms with Crippen molar-refractivity contribution in [2.75, 3.05) is 23.6 Å². The fourth-order valence-corrected chi connectivity index (χ4v) is 4.16. The van der Waals surface area contributed by atoms with E-state index in [4.69, 9.17) is 25.8 Å². The fourth-order valence-electron chi connectivity index (χ4n) is 3.45. The summed E-state index contributed by atoms with van der Waals surface area (Å²) in [4.78, 5) is 12.5. The number of carbonyl (C=O) groups excluding carboxylic acids is 1. The number of ether oxygens (including phenoxy) is 3. The molecule has 9 nitrogen and oxygen atoms in total. The number of sulfonamides is 1. The summed E-state index contributed by atoms with van der Waals surface area (Å²) in [5, 5.41) is 12.9. The van der Waals surface area contributed by atoms with Crippen LogP contribution in [0.4, 0.5) is 10.5 Å². The van der Waals surface area contributed by atoms with Crippen LogP contribution in [0.5, 0.6) is 11.5 Å². The molecule has 0 spiro atoms. The van der Waals surface area contributed by atoms with Crippen molar-refractivity contribution in [3.8, 4) is 11.5 Å². The predicted octanol–water partition coefficient (Wildman–Crippen LogP) is 3.18. The summed E-state index contributed by atoms with van der Waals surface area (Å²) in [5.74, 6) is 0.386. The number of carbonyl (C=O) groups is 1. The van der Waals surface area contributed by atoms with E-state index in [1.165, 1.54) is 19.2 Å². The molecule has 0 saturated heterocycles. The largest absolute Gasteiger partial charge is 0.495 e. The molecule has 1 amide bonds. The molecule has 2 aromatic carbocycles. The Balaban J connectivity index is 1.82. The SMILES string of the molecule is COc1cc2c(cc1NS(=O)(=O)CCl)OC(C)(C)[C@H](O)[C@H]2OC(=O)NCCc1ccccc1. The van der Waals surface area contributed by atoms with Gasteiger partial charge in [0.2, 0.25) is 10.0 Å². The summed E-state index contributed by atoms with van der Waals surface area (Å²) in [7, 11) is -2.44. The van der Waals surface area contributed by atoms with Gasteiger partial charge in [0.15, 0.2) is 6.10 Å². The zero-order chi connectivity index (χ0) is 24.2. The Morgan fingerprint density at radius 2 is 1.94 bits per heavy atom. The molecule has 0 unspecified atom stereocenters. The lowest BCUT2D eigenvalue weighted by Crippen LogP contribution is -2.50. The van der Waals surface area contributed by atoms with E-state index in [0.29, 0.717) is 18.5 Å². The maximum absolute atomic E-state index is 12.5. The second-order valence-electron chi connectivity index (χ2n) is 8.05. The zero-order valence-corrected chi connectivity index (χ0v) is 20.1. The van der Waals surface area contributed by atoms with Crippen LogP contribution in [0.25, 0.3) is 0 Å². The molecule has 0 aromatic heterocycles. The number of halogens is 1. The summed E-state index contributed by atoms with van der Waals surface area (Å²) in [6.45, 7) is 3.62. The van der Waals surface area contributed by atoms with Crippen LogP contribution in [0.3, 0.4) is 0 Å². The molecule has 0 saturated carbocycles. The summed E-state index contributed by atoms with van der Waals surface area (Å²) in [5.41, 5.74) is 0.382. The molecule has 1 aliphatic heterocycles. The Morgan fingerprint density at radius 1 is 1.24 bits per heavy atom. The van der Waals surface area contributed by atoms with Crippen LogP contribution in [-0.4, -0.2) is 50.2 Å². The lowest BCUT2D eigenvalue weighted by Gasteiger charge is -2.41. The zero-order valence-electron chi connectivity index (χ0n) is 18.5. The Hall–Kier alpha value is -2.69. The van der Waals surface area contributed by atoms with Crippen LogP contribution >= 0.6 is 11.6 Å². The first kappa shape index (κ1) is 24.9. The third-order valence-corrected chi connectivity index (χ3v) is 6.86. The number of methoxy groups -OCH3 is 1. The van der Waals surface area contributed by atoms with E-state index in [2.05, 4.69) is 10.0 Å². The number of aliphatic hydroxyl groups is 1. The van der Waals surface area contributed by atoms with E-state index >= 15 is 0 Å². The molecule has 0 fully saturated rings. The van der Waals surface area contributed by atoms with Crippen LogP contribution in [0, 0.1) is 0 Å². The van der Waals surface area contributed by atoms with Crippen molar-refractivity contribution in [2.45, 2.75) is 38.1 Å². The van der Waals surface area contributed by atoms with E-state index in [-0.39, 0.29) is 17.2 Å². The number of benzene rings is 2. The van der Waals surface area contributed by atoms with Crippen LogP contribution in [0.15, 0.2) is 42.5 Å². The Morgan fingerprint density at radius 3 is 2.58 bits per heavy atom. The molecule has 2 aromatic rings. The third kappa shape index (κ3) is 6.01. The Labute approximate surface area is 198 Å². The predicted molar refractivity (Wildman–Crippen MR) is 124 cm³/mol. The smallest absolute Gasteiger partial charge is 0.407 e. The number of nitrogens with one attached hydrogen (secondary N) is 2. The topological polar surface area (TPSA) is 123 Å². The number of alkyl halides is 1. The van der Waals surface area contributed by atoms with Gasteiger partial charge in [-0.05, 0) is 31.9 Å². The number of fused-ring (bicyclic) bond motifs is 1. The van der Waals surface area contributed by atoms with Crippen molar-refractivity contribution in [1.82, 2.24) is 5.32 Å². The summed E-state index contributed by atoms with van der Waals surface area (Å²) in [6, 6.07) is 12.5. The lowest BCUT2D eigenvalue weighted by atomic mass is 9.88. The maximum atomic E-state index is 12.5. The van der Waals surface area contributed by atoms with Gasteiger partial charge in [-0.2, -0.15) is 0 Å². The third-order valence-electron chi connectivity index (χ3n) is 5.18. The van der Waals surface area contributed by atoms with Gasteiger partial charge in [0.1, 0.15) is 28.4 Å². The molecule has 1 aliphatic rings. The Kier molecular flexibility index (Phi) is 7.61. The van der Waals surface area contributed by atoms with Crippen molar-refractivity contribution in [3.63, 3.8) is 0 Å². The summed E-state index contributed by atoms with van der Waals surface area (Å²) < 4.78 is 43.0. The van der Waals surface area contributed by atoms with Crippen LogP contribution < -0.4 is 19.5 Å². The van der Waals surface area contributed by atoms with Gasteiger partial charge in [0.05, 0.1) is 12.8 Å². The number of hydrogen-bond acceptors (Lipinski definition) is 7. The van der Waals surface area contributed by atoms with Crippen LogP contribution in [-0.2, 0) is 21.2 Å². The molecule has 2 atom stereocenters. The molecule has 33 heavy (non-hydrogen) atoms. The highest BCUT2D eigenvalue weighted by Gasteiger charge is 2.45. The van der Waals surface area contributed by atoms with Gasteiger partial charge in [-0.15, -0.1) is 11.6 Å². The minimum Gasteiger partial charge on any atom is -0.495 e. The van der Waals surface area contributed by atoms with Crippen LogP contribution in [0.1, 0.15) is 31.1 Å². The van der Waals surface area contributed by atoms with E-state index in [1.54, 1.807) is 13.8 Å². The molecule has 3 N–H and O–H groups in total. The molecule has 0 aliphatic carbocycles. The normalized spacial score (nSPS) is 19.1. The second kappa shape index (κ2) is 10.1. The van der Waals surface area contributed by atoms with Gasteiger partial charge in [0, 0.05) is 18.2 Å². The van der Waals surface area contributed by atoms with Crippen molar-refractivity contribution in [2.24, 2.45) is 0 Å². The highest BCUT2D eigenvalue weighted by atomic mass is 35.5. The van der Waals surface area contributed by atoms with E-state index < -0.39 is 39.1 Å². The van der Waals surface area contributed by atoms with Crippen molar-refractivity contribution in [1.29, 1.82) is 0 Å². The number of anilines is 1. The van der Waals surface area contributed by atoms with Gasteiger partial charge in [0.25, 0.3) is 0 Å². The first-order valence-corrected chi connectivity index (χ1v) is 12.4. The van der Waals surface area contributed by atoms with Gasteiger partial charge in [-0.25, -0.2) is 13.2 Å². The van der Waals surface area contributed by atoms with Gasteiger partial charge in [-0.1, -0.05) is 30.3 Å². The first-order chi connectivity index (χ1) is 15.6. The molecule has 180 valence electrons. The molecular weight excluding hydrogens is 472 g/mol. The van der Waals surface area contributed by atoms with Crippen LogP contribution in [0.2, 0.25) is 0 Å². The number of amides is 1. The van der Waals surface area contributed by atoms with Gasteiger partial charge < -0.3 is 24.6 Å². The summed E-state index contributed by atoms with van der Waals surface area (Å²) in [6.07, 6.45) is -2.36. The molecular formula is C22H27ClN2O7S. The van der Waals surface area contributed by atoms with E-state index in [9.17, 15) is 18.3 Å². The highest BCUT2D eigenvalue weighted by Crippen LogP contribution is 2.46. The second-order valence-corrected chi connectivity index (χ2v) is 10.4. The van der Waals surface area contributed by atoms with Gasteiger partial charge >= 0.3 is 6.09 Å². The number of aliphatic hydroxyl groups excluding tert-OH is 1. The molecule has 0 bridgehead atoms. The molecule has 11 heteroatoms. The molecule has 3 rings (SSSR count). The number of alkyl carbamates (subject to hydrolysis) is 1. The Bertz CT molecular complexity index is 1090. The minimum atomic E-state index is -3.80. The fraction of sp³-hybridized carbons (Fsp3) is 0.409. The maximum Gasteiger partial charge on any atom is 0.407 e. The van der Waals surface area contributed by atoms with Crippen molar-refractivity contribution >= 4 is 33.4 Å². The minimum absolute atomic E-state index is 0.107.